The van der Waals surface area contributed by atoms with E-state index in [1.54, 1.807) is 0 Å². The molecule has 2 aromatic heterocycles. The van der Waals surface area contributed by atoms with Crippen molar-refractivity contribution >= 4 is 49.2 Å². The molecular weight excluding hydrogens is 921 g/mol. The summed E-state index contributed by atoms with van der Waals surface area (Å²) in [5, 5.41) is 25.6. The Bertz CT molecular complexity index is 3890. The van der Waals surface area contributed by atoms with Gasteiger partial charge in [-0.1, -0.05) is 143 Å². The lowest BCUT2D eigenvalue weighted by Crippen LogP contribution is -2.10. The molecule has 0 saturated carbocycles. The summed E-state index contributed by atoms with van der Waals surface area (Å²) in [6, 6.07) is 61.1. The third-order valence-electron chi connectivity index (χ3n) is 15.3. The van der Waals surface area contributed by atoms with Crippen molar-refractivity contribution < 1.29 is 0 Å². The summed E-state index contributed by atoms with van der Waals surface area (Å²) in [7, 11) is 0. The topological polar surface area (TPSA) is 57.4 Å². The van der Waals surface area contributed by atoms with Crippen LogP contribution in [0, 0.1) is 46.3 Å². The average Bonchev–Trinajstić information content (AvgIpc) is 4.02. The summed E-state index contributed by atoms with van der Waals surface area (Å²) in [6.45, 7) is 27.2. The van der Waals surface area contributed by atoms with Crippen LogP contribution in [0.2, 0.25) is 0 Å². The van der Waals surface area contributed by atoms with Gasteiger partial charge in [0, 0.05) is 60.7 Å². The Morgan fingerprint density at radius 2 is 0.592 bits per heavy atom. The van der Waals surface area contributed by atoms with E-state index in [4.69, 9.17) is 0 Å². The molecule has 11 rings (SSSR count). The van der Waals surface area contributed by atoms with Crippen LogP contribution in [0.5, 0.6) is 0 Å². The molecule has 370 valence electrons. The van der Waals surface area contributed by atoms with Crippen molar-refractivity contribution in [3.63, 3.8) is 0 Å². The maximum atomic E-state index is 10.3. The summed E-state index contributed by atoms with van der Waals surface area (Å²) in [4.78, 5) is 0. The van der Waals surface area contributed by atoms with E-state index in [-0.39, 0.29) is 27.2 Å². The number of fused-ring (bicyclic) bond motifs is 9. The Hall–Kier alpha value is -8.80. The van der Waals surface area contributed by atoms with Gasteiger partial charge in [0.25, 0.3) is 0 Å². The molecule has 2 heterocycles. The molecule has 0 N–H and O–H groups in total. The van der Waals surface area contributed by atoms with Crippen LogP contribution in [0.15, 0.2) is 163 Å². The van der Waals surface area contributed by atoms with Gasteiger partial charge in [-0.2, -0.15) is 10.5 Å². The van der Waals surface area contributed by atoms with Gasteiger partial charge in [-0.25, -0.2) is 0 Å². The predicted octanol–water partition coefficient (Wildman–Crippen LogP) is 17.7. The van der Waals surface area contributed by atoms with E-state index in [1.807, 2.05) is 24.3 Å². The monoisotopic (exact) mass is 982 g/mol. The number of rotatable bonds is 2. The molecule has 4 heteroatoms. The summed E-state index contributed by atoms with van der Waals surface area (Å²) < 4.78 is 4.72. The summed E-state index contributed by atoms with van der Waals surface area (Å²) >= 11 is 0. The highest BCUT2D eigenvalue weighted by Gasteiger charge is 2.28. The zero-order valence-electron chi connectivity index (χ0n) is 45.8. The van der Waals surface area contributed by atoms with E-state index in [9.17, 15) is 10.5 Å². The molecule has 1 aliphatic rings. The fourth-order valence-corrected chi connectivity index (χ4v) is 10.8. The smallest absolute Gasteiger partial charge is 0.138 e. The minimum atomic E-state index is 0.0284. The van der Waals surface area contributed by atoms with Crippen molar-refractivity contribution in [3.05, 3.63) is 219 Å². The number of hydrogen-bond acceptors (Lipinski definition) is 2. The number of benzene rings is 8. The Labute approximate surface area is 448 Å². The van der Waals surface area contributed by atoms with Crippen LogP contribution in [-0.4, -0.2) is 9.13 Å². The van der Waals surface area contributed by atoms with Gasteiger partial charge in [0.05, 0.1) is 22.1 Å². The molecule has 10 aromatic rings. The van der Waals surface area contributed by atoms with Crippen LogP contribution in [0.25, 0.3) is 71.7 Å². The summed E-state index contributed by atoms with van der Waals surface area (Å²) in [5.74, 6) is 13.6. The fraction of sp³-hybridized carbons (Fsp3) is 0.222. The second kappa shape index (κ2) is 18.0. The lowest BCUT2D eigenvalue weighted by molar-refractivity contribution is 0.590. The lowest BCUT2D eigenvalue weighted by atomic mass is 9.85. The van der Waals surface area contributed by atoms with Crippen molar-refractivity contribution in [3.8, 4) is 58.3 Å². The van der Waals surface area contributed by atoms with Crippen molar-refractivity contribution in [2.45, 2.75) is 105 Å². The quantitative estimate of drug-likeness (QED) is 0.128. The SMILES string of the molecule is CC(C)(C)c1ccc2c(c1)c1cc(C(C)(C)C)ccc1n2-c1ccc(C#Cc2ccc3c(c2)C(=C(C#N)C#N)c2cc(C#Cc4ccc(-n5c6ccc(C(C)(C)C)cc6c6cc(C(C)(C)C)ccc65)cc4)ccc2-3)cc1. The maximum absolute atomic E-state index is 10.3. The van der Waals surface area contributed by atoms with Crippen molar-refractivity contribution in [1.82, 2.24) is 9.13 Å². The number of aromatic nitrogens is 2. The van der Waals surface area contributed by atoms with E-state index in [2.05, 4.69) is 261 Å². The highest BCUT2D eigenvalue weighted by molar-refractivity contribution is 6.11. The van der Waals surface area contributed by atoms with Gasteiger partial charge >= 0.3 is 0 Å². The van der Waals surface area contributed by atoms with Gasteiger partial charge in [-0.05, 0) is 187 Å². The molecule has 0 unspecified atom stereocenters. The molecule has 0 bridgehead atoms. The van der Waals surface area contributed by atoms with E-state index in [0.717, 1.165) is 55.9 Å². The molecule has 0 spiro atoms. The molecule has 4 nitrogen and oxygen atoms in total. The average molecular weight is 983 g/mol. The second-order valence-corrected chi connectivity index (χ2v) is 24.7. The number of allylic oxidation sites excluding steroid dienone is 1. The first-order valence-corrected chi connectivity index (χ1v) is 26.4. The third kappa shape index (κ3) is 8.75. The van der Waals surface area contributed by atoms with E-state index >= 15 is 0 Å². The fourth-order valence-electron chi connectivity index (χ4n) is 10.8. The Morgan fingerprint density at radius 3 is 0.868 bits per heavy atom. The molecule has 0 saturated heterocycles. The first-order valence-electron chi connectivity index (χ1n) is 26.4. The number of nitrogens with zero attached hydrogens (tertiary/aromatic N) is 4. The molecule has 0 aliphatic heterocycles. The van der Waals surface area contributed by atoms with E-state index in [1.165, 1.54) is 65.9 Å². The number of nitriles is 2. The zero-order chi connectivity index (χ0) is 53.6. The Morgan fingerprint density at radius 1 is 0.316 bits per heavy atom. The maximum Gasteiger partial charge on any atom is 0.138 e. The van der Waals surface area contributed by atoms with Crippen LogP contribution in [0.1, 0.15) is 139 Å². The van der Waals surface area contributed by atoms with Crippen LogP contribution in [0.3, 0.4) is 0 Å². The zero-order valence-corrected chi connectivity index (χ0v) is 45.8. The first kappa shape index (κ1) is 49.4. The minimum Gasteiger partial charge on any atom is -0.309 e. The highest BCUT2D eigenvalue weighted by Crippen LogP contribution is 2.47. The van der Waals surface area contributed by atoms with Crippen LogP contribution >= 0.6 is 0 Å². The van der Waals surface area contributed by atoms with Gasteiger partial charge in [0.1, 0.15) is 17.7 Å². The summed E-state index contributed by atoms with van der Waals surface area (Å²) in [5.41, 5.74) is 19.8. The van der Waals surface area contributed by atoms with Crippen molar-refractivity contribution in [2.75, 3.05) is 0 Å². The second-order valence-electron chi connectivity index (χ2n) is 24.7. The van der Waals surface area contributed by atoms with Crippen LogP contribution in [0.4, 0.5) is 0 Å². The molecule has 8 aromatic carbocycles. The van der Waals surface area contributed by atoms with Gasteiger partial charge in [-0.3, -0.25) is 0 Å². The highest BCUT2D eigenvalue weighted by atomic mass is 15.0. The molecule has 76 heavy (non-hydrogen) atoms. The Balaban J connectivity index is 0.878. The standard InChI is InChI=1S/C72H62N4/c1-69(2,3)50-23-33-64-58(39-50)59-40-51(70(4,5)6)24-34-65(59)75(64)54-27-17-45(18-28-54)13-15-47-21-31-56-57-32-22-48(38-63(57)68(62(56)37-47)49(43-73)44-74)16-14-46-19-29-55(30-20-46)76-66-35-25-52(71(7,8)9)41-60(66)61-42-53(72(10,11)12)26-36-67(61)76/h17-42H,1-12H3. The van der Waals surface area contributed by atoms with Crippen molar-refractivity contribution in [1.29, 1.82) is 10.5 Å². The molecule has 1 aliphatic carbocycles. The normalized spacial score (nSPS) is 12.5. The van der Waals surface area contributed by atoms with Gasteiger partial charge in [0.2, 0.25) is 0 Å². The first-order chi connectivity index (χ1) is 36.1. The molecule has 0 fully saturated rings. The number of hydrogen-bond donors (Lipinski definition) is 0. The van der Waals surface area contributed by atoms with Crippen molar-refractivity contribution in [2.24, 2.45) is 0 Å². The van der Waals surface area contributed by atoms with Crippen LogP contribution < -0.4 is 0 Å². The van der Waals surface area contributed by atoms with Crippen LogP contribution in [-0.2, 0) is 21.7 Å². The molecular formula is C72H62N4. The summed E-state index contributed by atoms with van der Waals surface area (Å²) in [6.07, 6.45) is 0. The molecule has 0 atom stereocenters. The van der Waals surface area contributed by atoms with Gasteiger partial charge in [0.15, 0.2) is 0 Å². The van der Waals surface area contributed by atoms with Gasteiger partial charge in [-0.15, -0.1) is 0 Å². The predicted molar refractivity (Wildman–Crippen MR) is 317 cm³/mol. The van der Waals surface area contributed by atoms with E-state index < -0.39 is 0 Å². The molecule has 0 radical (unpaired) electrons. The third-order valence-corrected chi connectivity index (χ3v) is 15.3. The Kier molecular flexibility index (Phi) is 11.7. The lowest BCUT2D eigenvalue weighted by Gasteiger charge is -2.19. The minimum absolute atomic E-state index is 0.0284. The van der Waals surface area contributed by atoms with E-state index in [0.29, 0.717) is 5.57 Å². The largest absolute Gasteiger partial charge is 0.309 e. The van der Waals surface area contributed by atoms with Gasteiger partial charge < -0.3 is 9.13 Å². The molecule has 0 amide bonds.